The minimum Gasteiger partial charge on any atom is -0.508 e. The minimum absolute atomic E-state index is 0.00229. The molecule has 2 N–H and O–H groups in total. The molecule has 0 fully saturated rings. The Bertz CT molecular complexity index is 825. The molecule has 3 aromatic carbocycles. The topological polar surface area (TPSA) is 49.3 Å². The van der Waals surface area contributed by atoms with Gasteiger partial charge in [0.2, 0.25) is 0 Å². The fraction of sp³-hybridized carbons (Fsp3) is 0. The van der Waals surface area contributed by atoms with Crippen molar-refractivity contribution in [3.05, 3.63) is 71.2 Å². The zero-order valence-corrected chi connectivity index (χ0v) is 11.8. The molecule has 3 rings (SSSR count). The van der Waals surface area contributed by atoms with Crippen LogP contribution in [0.3, 0.4) is 0 Å². The standard InChI is InChI=1S/C17H12ClNO2/c18-15-9-8-12(20)10-14(15)17(21)19-16-7-3-5-11-4-1-2-6-13(11)16/h1-10,20H,(H,19,21). The molecular formula is C17H12ClNO2. The van der Waals surface area contributed by atoms with Gasteiger partial charge in [-0.3, -0.25) is 4.79 Å². The Morgan fingerprint density at radius 2 is 1.76 bits per heavy atom. The van der Waals surface area contributed by atoms with Gasteiger partial charge in [-0.15, -0.1) is 0 Å². The van der Waals surface area contributed by atoms with Crippen LogP contribution in [0.5, 0.6) is 5.75 Å². The maximum atomic E-state index is 12.3. The number of hydrogen-bond acceptors (Lipinski definition) is 2. The lowest BCUT2D eigenvalue weighted by Gasteiger charge is -2.10. The van der Waals surface area contributed by atoms with Crippen LogP contribution in [-0.4, -0.2) is 11.0 Å². The lowest BCUT2D eigenvalue weighted by Crippen LogP contribution is -2.12. The zero-order chi connectivity index (χ0) is 14.8. The Balaban J connectivity index is 1.99. The van der Waals surface area contributed by atoms with Crippen molar-refractivity contribution in [2.75, 3.05) is 5.32 Å². The molecule has 3 aromatic rings. The number of anilines is 1. The number of benzene rings is 3. The number of rotatable bonds is 2. The molecule has 4 heteroatoms. The van der Waals surface area contributed by atoms with Crippen molar-refractivity contribution in [2.24, 2.45) is 0 Å². The van der Waals surface area contributed by atoms with E-state index in [0.29, 0.717) is 10.7 Å². The summed E-state index contributed by atoms with van der Waals surface area (Å²) in [5.74, 6) is -0.352. The molecule has 0 bridgehead atoms. The van der Waals surface area contributed by atoms with E-state index in [1.165, 1.54) is 18.2 Å². The molecule has 0 radical (unpaired) electrons. The van der Waals surface area contributed by atoms with Gasteiger partial charge in [0, 0.05) is 11.1 Å². The summed E-state index contributed by atoms with van der Waals surface area (Å²) in [6.07, 6.45) is 0. The van der Waals surface area contributed by atoms with Crippen LogP contribution < -0.4 is 5.32 Å². The number of hydrogen-bond donors (Lipinski definition) is 2. The highest BCUT2D eigenvalue weighted by atomic mass is 35.5. The van der Waals surface area contributed by atoms with Crippen molar-refractivity contribution in [1.82, 2.24) is 0 Å². The fourth-order valence-corrected chi connectivity index (χ4v) is 2.41. The van der Waals surface area contributed by atoms with E-state index >= 15 is 0 Å². The summed E-state index contributed by atoms with van der Waals surface area (Å²) in [5.41, 5.74) is 0.946. The zero-order valence-electron chi connectivity index (χ0n) is 11.0. The number of carbonyl (C=O) groups is 1. The highest BCUT2D eigenvalue weighted by Crippen LogP contribution is 2.26. The second-order valence-electron chi connectivity index (χ2n) is 4.64. The van der Waals surface area contributed by atoms with Crippen LogP contribution in [0.15, 0.2) is 60.7 Å². The summed E-state index contributed by atoms with van der Waals surface area (Å²) >= 11 is 6.00. The first-order valence-electron chi connectivity index (χ1n) is 6.43. The van der Waals surface area contributed by atoms with Crippen LogP contribution in [0.1, 0.15) is 10.4 Å². The quantitative estimate of drug-likeness (QED) is 0.734. The maximum Gasteiger partial charge on any atom is 0.257 e. The molecule has 0 saturated carbocycles. The van der Waals surface area contributed by atoms with E-state index in [2.05, 4.69) is 5.32 Å². The lowest BCUT2D eigenvalue weighted by molar-refractivity contribution is 0.102. The summed E-state index contributed by atoms with van der Waals surface area (Å²) in [4.78, 5) is 12.3. The molecule has 0 saturated heterocycles. The first-order chi connectivity index (χ1) is 10.1. The number of halogens is 1. The molecule has 21 heavy (non-hydrogen) atoms. The molecule has 104 valence electrons. The Kier molecular flexibility index (Phi) is 3.50. The van der Waals surface area contributed by atoms with Crippen molar-refractivity contribution < 1.29 is 9.90 Å². The van der Waals surface area contributed by atoms with Gasteiger partial charge in [0.15, 0.2) is 0 Å². The Morgan fingerprint density at radius 1 is 1.00 bits per heavy atom. The molecule has 3 nitrogen and oxygen atoms in total. The third kappa shape index (κ3) is 2.69. The molecule has 1 amide bonds. The maximum absolute atomic E-state index is 12.3. The van der Waals surface area contributed by atoms with Crippen LogP contribution in [0.2, 0.25) is 5.02 Å². The average molecular weight is 298 g/mol. The van der Waals surface area contributed by atoms with Gasteiger partial charge in [-0.1, -0.05) is 48.0 Å². The van der Waals surface area contributed by atoms with Crippen molar-refractivity contribution >= 4 is 34.0 Å². The predicted octanol–water partition coefficient (Wildman–Crippen LogP) is 4.45. The molecule has 0 atom stereocenters. The van der Waals surface area contributed by atoms with Crippen LogP contribution in [0.25, 0.3) is 10.8 Å². The van der Waals surface area contributed by atoms with Gasteiger partial charge in [-0.2, -0.15) is 0 Å². The van der Waals surface area contributed by atoms with Gasteiger partial charge in [-0.05, 0) is 29.7 Å². The molecule has 0 aromatic heterocycles. The summed E-state index contributed by atoms with van der Waals surface area (Å²) in [6.45, 7) is 0. The van der Waals surface area contributed by atoms with Gasteiger partial charge >= 0.3 is 0 Å². The summed E-state index contributed by atoms with van der Waals surface area (Å²) < 4.78 is 0. The minimum atomic E-state index is -0.354. The largest absolute Gasteiger partial charge is 0.508 e. The normalized spacial score (nSPS) is 10.5. The number of carbonyl (C=O) groups excluding carboxylic acids is 1. The third-order valence-electron chi connectivity index (χ3n) is 3.23. The monoisotopic (exact) mass is 297 g/mol. The fourth-order valence-electron chi connectivity index (χ4n) is 2.21. The smallest absolute Gasteiger partial charge is 0.257 e. The van der Waals surface area contributed by atoms with Crippen LogP contribution >= 0.6 is 11.6 Å². The Labute approximate surface area is 126 Å². The molecule has 0 unspecified atom stereocenters. The van der Waals surface area contributed by atoms with E-state index in [9.17, 15) is 9.90 Å². The number of nitrogens with one attached hydrogen (secondary N) is 1. The highest BCUT2D eigenvalue weighted by Gasteiger charge is 2.12. The average Bonchev–Trinajstić information content (AvgIpc) is 2.50. The van der Waals surface area contributed by atoms with Crippen molar-refractivity contribution in [3.63, 3.8) is 0 Å². The molecule has 0 aliphatic rings. The predicted molar refractivity (Wildman–Crippen MR) is 85.0 cm³/mol. The van der Waals surface area contributed by atoms with E-state index in [4.69, 9.17) is 11.6 Å². The number of phenolic OH excluding ortho intramolecular Hbond substituents is 1. The number of amides is 1. The molecule has 0 aliphatic carbocycles. The summed E-state index contributed by atoms with van der Waals surface area (Å²) in [7, 11) is 0. The van der Waals surface area contributed by atoms with E-state index in [1.54, 1.807) is 0 Å². The first kappa shape index (κ1) is 13.5. The lowest BCUT2D eigenvalue weighted by atomic mass is 10.1. The van der Waals surface area contributed by atoms with Crippen LogP contribution in [-0.2, 0) is 0 Å². The van der Waals surface area contributed by atoms with Crippen molar-refractivity contribution in [1.29, 1.82) is 0 Å². The van der Waals surface area contributed by atoms with E-state index in [1.807, 2.05) is 42.5 Å². The Morgan fingerprint density at radius 3 is 2.62 bits per heavy atom. The molecule has 0 aliphatic heterocycles. The van der Waals surface area contributed by atoms with E-state index in [-0.39, 0.29) is 17.2 Å². The second-order valence-corrected chi connectivity index (χ2v) is 5.05. The first-order valence-corrected chi connectivity index (χ1v) is 6.80. The van der Waals surface area contributed by atoms with Gasteiger partial charge in [0.1, 0.15) is 5.75 Å². The SMILES string of the molecule is O=C(Nc1cccc2ccccc12)c1cc(O)ccc1Cl. The van der Waals surface area contributed by atoms with Gasteiger partial charge in [0.25, 0.3) is 5.91 Å². The number of phenols is 1. The summed E-state index contributed by atoms with van der Waals surface area (Å²) in [6, 6.07) is 17.8. The third-order valence-corrected chi connectivity index (χ3v) is 3.56. The number of fused-ring (bicyclic) bond motifs is 1. The van der Waals surface area contributed by atoms with Crippen molar-refractivity contribution in [3.8, 4) is 5.75 Å². The number of aromatic hydroxyl groups is 1. The van der Waals surface area contributed by atoms with E-state index in [0.717, 1.165) is 10.8 Å². The summed E-state index contributed by atoms with van der Waals surface area (Å²) in [5, 5.41) is 14.6. The van der Waals surface area contributed by atoms with Crippen molar-refractivity contribution in [2.45, 2.75) is 0 Å². The van der Waals surface area contributed by atoms with Gasteiger partial charge < -0.3 is 10.4 Å². The van der Waals surface area contributed by atoms with Gasteiger partial charge in [-0.25, -0.2) is 0 Å². The van der Waals surface area contributed by atoms with Crippen LogP contribution in [0, 0.1) is 0 Å². The second kappa shape index (κ2) is 5.46. The molecule has 0 heterocycles. The molecular weight excluding hydrogens is 286 g/mol. The Hall–Kier alpha value is -2.52. The molecule has 0 spiro atoms. The highest BCUT2D eigenvalue weighted by molar-refractivity contribution is 6.34. The van der Waals surface area contributed by atoms with E-state index < -0.39 is 0 Å². The van der Waals surface area contributed by atoms with Crippen LogP contribution in [0.4, 0.5) is 5.69 Å². The van der Waals surface area contributed by atoms with Gasteiger partial charge in [0.05, 0.1) is 10.6 Å².